The van der Waals surface area contributed by atoms with Crippen LogP contribution in [0.15, 0.2) is 30.3 Å². The summed E-state index contributed by atoms with van der Waals surface area (Å²) >= 11 is 0. The highest BCUT2D eigenvalue weighted by atomic mass is 16.5. The monoisotopic (exact) mass is 246 g/mol. The lowest BCUT2D eigenvalue weighted by Gasteiger charge is -2.03. The Bertz CT molecular complexity index is 510. The van der Waals surface area contributed by atoms with E-state index in [2.05, 4.69) is 15.5 Å². The van der Waals surface area contributed by atoms with Crippen LogP contribution in [0.25, 0.3) is 5.69 Å². The maximum atomic E-state index is 11.4. The third kappa shape index (κ3) is 2.98. The lowest BCUT2D eigenvalue weighted by molar-refractivity contribution is -0.122. The number of hydrogen-bond donors (Lipinski definition) is 0. The average Bonchev–Trinajstić information content (AvgIpc) is 2.86. The highest BCUT2D eigenvalue weighted by Crippen LogP contribution is 2.08. The molecule has 0 saturated heterocycles. The van der Waals surface area contributed by atoms with E-state index in [1.807, 2.05) is 30.3 Å². The van der Waals surface area contributed by atoms with E-state index in [9.17, 15) is 4.79 Å². The summed E-state index contributed by atoms with van der Waals surface area (Å²) in [5.41, 5.74) is 0.886. The minimum absolute atomic E-state index is 0.0418. The summed E-state index contributed by atoms with van der Waals surface area (Å²) in [6.45, 7) is 0.132. The van der Waals surface area contributed by atoms with Crippen molar-refractivity contribution in [2.24, 2.45) is 0 Å². The number of hydrogen-bond acceptors (Lipinski definition) is 5. The van der Waals surface area contributed by atoms with Gasteiger partial charge in [-0.05, 0) is 22.6 Å². The van der Waals surface area contributed by atoms with Crippen molar-refractivity contribution in [3.8, 4) is 5.69 Å². The van der Waals surface area contributed by atoms with E-state index in [-0.39, 0.29) is 12.4 Å². The van der Waals surface area contributed by atoms with Gasteiger partial charge in [-0.1, -0.05) is 18.2 Å². The van der Waals surface area contributed by atoms with Crippen molar-refractivity contribution >= 4 is 5.78 Å². The molecule has 0 atom stereocenters. The molecule has 94 valence electrons. The molecule has 0 saturated carbocycles. The summed E-state index contributed by atoms with van der Waals surface area (Å²) < 4.78 is 6.42. The number of tetrazole rings is 1. The van der Waals surface area contributed by atoms with Gasteiger partial charge in [0.05, 0.1) is 5.69 Å². The highest BCUT2D eigenvalue weighted by Gasteiger charge is 2.10. The third-order valence-corrected chi connectivity index (χ3v) is 2.47. The van der Waals surface area contributed by atoms with Crippen LogP contribution in [0.2, 0.25) is 0 Å². The molecule has 1 aromatic heterocycles. The van der Waals surface area contributed by atoms with Crippen LogP contribution in [0.5, 0.6) is 0 Å². The Labute approximate surface area is 105 Å². The first kappa shape index (κ1) is 12.4. The standard InChI is InChI=1S/C12H14N4O2/c1-18-9-11(17)7-8-12-13-14-15-16(12)10-5-3-2-4-6-10/h2-6H,7-9H2,1H3. The summed E-state index contributed by atoms with van der Waals surface area (Å²) in [6.07, 6.45) is 0.880. The highest BCUT2D eigenvalue weighted by molar-refractivity contribution is 5.79. The van der Waals surface area contributed by atoms with Crippen LogP contribution in [0.1, 0.15) is 12.2 Å². The second-order valence-electron chi connectivity index (χ2n) is 3.81. The molecule has 0 aliphatic heterocycles. The lowest BCUT2D eigenvalue weighted by atomic mass is 10.2. The second kappa shape index (κ2) is 6.02. The van der Waals surface area contributed by atoms with Crippen molar-refractivity contribution in [1.29, 1.82) is 0 Å². The number of aromatic nitrogens is 4. The van der Waals surface area contributed by atoms with Crippen molar-refractivity contribution in [3.63, 3.8) is 0 Å². The Morgan fingerprint density at radius 3 is 2.83 bits per heavy atom. The van der Waals surface area contributed by atoms with E-state index >= 15 is 0 Å². The summed E-state index contributed by atoms with van der Waals surface area (Å²) in [6, 6.07) is 9.58. The molecule has 0 fully saturated rings. The molecular formula is C12H14N4O2. The first-order valence-electron chi connectivity index (χ1n) is 5.64. The molecule has 0 bridgehead atoms. The molecule has 0 radical (unpaired) electrons. The number of rotatable bonds is 6. The van der Waals surface area contributed by atoms with Gasteiger partial charge >= 0.3 is 0 Å². The number of ether oxygens (including phenoxy) is 1. The number of benzene rings is 1. The van der Waals surface area contributed by atoms with E-state index in [1.54, 1.807) is 4.68 Å². The quantitative estimate of drug-likeness (QED) is 0.754. The third-order valence-electron chi connectivity index (χ3n) is 2.47. The van der Waals surface area contributed by atoms with Gasteiger partial charge in [-0.15, -0.1) is 5.10 Å². The molecule has 0 N–H and O–H groups in total. The van der Waals surface area contributed by atoms with Gasteiger partial charge in [-0.3, -0.25) is 4.79 Å². The molecule has 0 unspecified atom stereocenters. The van der Waals surface area contributed by atoms with E-state index < -0.39 is 0 Å². The van der Waals surface area contributed by atoms with Crippen molar-refractivity contribution in [3.05, 3.63) is 36.2 Å². The molecular weight excluding hydrogens is 232 g/mol. The molecule has 18 heavy (non-hydrogen) atoms. The first-order chi connectivity index (χ1) is 8.81. The topological polar surface area (TPSA) is 69.9 Å². The number of carbonyl (C=O) groups is 1. The van der Waals surface area contributed by atoms with Crippen molar-refractivity contribution < 1.29 is 9.53 Å². The van der Waals surface area contributed by atoms with E-state index in [4.69, 9.17) is 4.74 Å². The summed E-state index contributed by atoms with van der Waals surface area (Å²) in [4.78, 5) is 11.4. The average molecular weight is 246 g/mol. The van der Waals surface area contributed by atoms with Crippen LogP contribution < -0.4 is 0 Å². The number of carbonyl (C=O) groups excluding carboxylic acids is 1. The van der Waals surface area contributed by atoms with Gasteiger partial charge in [0, 0.05) is 20.0 Å². The smallest absolute Gasteiger partial charge is 0.158 e. The van der Waals surface area contributed by atoms with Crippen molar-refractivity contribution in [2.75, 3.05) is 13.7 Å². The Morgan fingerprint density at radius 2 is 2.11 bits per heavy atom. The summed E-state index contributed by atoms with van der Waals surface area (Å²) in [5.74, 6) is 0.714. The van der Waals surface area contributed by atoms with E-state index in [1.165, 1.54) is 7.11 Å². The molecule has 1 heterocycles. The number of Topliss-reactive ketones (excluding diaryl/α,β-unsaturated/α-hetero) is 1. The number of methoxy groups -OCH3 is 1. The Hall–Kier alpha value is -2.08. The predicted molar refractivity (Wildman–Crippen MR) is 64.4 cm³/mol. The van der Waals surface area contributed by atoms with Crippen LogP contribution in [0.4, 0.5) is 0 Å². The SMILES string of the molecule is COCC(=O)CCc1nnnn1-c1ccccc1. The van der Waals surface area contributed by atoms with Crippen LogP contribution in [-0.4, -0.2) is 39.7 Å². The van der Waals surface area contributed by atoms with E-state index in [0.717, 1.165) is 5.69 Å². The van der Waals surface area contributed by atoms with Crippen molar-refractivity contribution in [1.82, 2.24) is 20.2 Å². The number of aryl methyl sites for hydroxylation is 1. The van der Waals surface area contributed by atoms with Gasteiger partial charge in [0.15, 0.2) is 11.6 Å². The second-order valence-corrected chi connectivity index (χ2v) is 3.81. The Balaban J connectivity index is 2.07. The maximum absolute atomic E-state index is 11.4. The van der Waals surface area contributed by atoms with Gasteiger partial charge in [-0.2, -0.15) is 4.68 Å². The Kier molecular flexibility index (Phi) is 4.14. The fraction of sp³-hybridized carbons (Fsp3) is 0.333. The van der Waals surface area contributed by atoms with Gasteiger partial charge in [0.1, 0.15) is 6.61 Å². The molecule has 1 aromatic carbocycles. The molecule has 0 spiro atoms. The Morgan fingerprint density at radius 1 is 1.33 bits per heavy atom. The maximum Gasteiger partial charge on any atom is 0.158 e. The minimum Gasteiger partial charge on any atom is -0.377 e. The minimum atomic E-state index is 0.0418. The van der Waals surface area contributed by atoms with Gasteiger partial charge in [0.2, 0.25) is 0 Å². The van der Waals surface area contributed by atoms with Gasteiger partial charge < -0.3 is 4.74 Å². The summed E-state index contributed by atoms with van der Waals surface area (Å²) in [5, 5.41) is 11.5. The number of ketones is 1. The number of nitrogens with zero attached hydrogens (tertiary/aromatic N) is 4. The molecule has 2 rings (SSSR count). The largest absolute Gasteiger partial charge is 0.377 e. The zero-order valence-electron chi connectivity index (χ0n) is 10.1. The molecule has 0 aliphatic rings. The van der Waals surface area contributed by atoms with Crippen LogP contribution in [0, 0.1) is 0 Å². The normalized spacial score (nSPS) is 10.5. The van der Waals surface area contributed by atoms with Crippen LogP contribution >= 0.6 is 0 Å². The number of para-hydroxylation sites is 1. The van der Waals surface area contributed by atoms with Gasteiger partial charge in [0.25, 0.3) is 0 Å². The molecule has 2 aromatic rings. The van der Waals surface area contributed by atoms with Crippen molar-refractivity contribution in [2.45, 2.75) is 12.8 Å². The lowest BCUT2D eigenvalue weighted by Crippen LogP contribution is -2.10. The fourth-order valence-corrected chi connectivity index (χ4v) is 1.62. The molecule has 6 heteroatoms. The van der Waals surface area contributed by atoms with E-state index in [0.29, 0.717) is 18.7 Å². The predicted octanol–water partition coefficient (Wildman–Crippen LogP) is 0.810. The fourth-order valence-electron chi connectivity index (χ4n) is 1.62. The zero-order valence-corrected chi connectivity index (χ0v) is 10.1. The zero-order chi connectivity index (χ0) is 12.8. The molecule has 6 nitrogen and oxygen atoms in total. The van der Waals surface area contributed by atoms with Crippen LogP contribution in [0.3, 0.4) is 0 Å². The van der Waals surface area contributed by atoms with Gasteiger partial charge in [-0.25, -0.2) is 0 Å². The molecule has 0 amide bonds. The first-order valence-corrected chi connectivity index (χ1v) is 5.64. The molecule has 0 aliphatic carbocycles. The van der Waals surface area contributed by atoms with Crippen LogP contribution in [-0.2, 0) is 16.0 Å². The summed E-state index contributed by atoms with van der Waals surface area (Å²) in [7, 11) is 1.51.